The van der Waals surface area contributed by atoms with E-state index in [1.807, 2.05) is 30.3 Å². The molecule has 2 amide bonds. The molecule has 5 heteroatoms. The molecule has 1 aliphatic heterocycles. The summed E-state index contributed by atoms with van der Waals surface area (Å²) in [5.74, 6) is 0.151. The van der Waals surface area contributed by atoms with Crippen molar-refractivity contribution in [3.8, 4) is 0 Å². The standard InChI is InChI=1S/C31H38N2O2S/c1-22-9-8-10-24(19-22)21-33-27-13-6-7-14-28(27)36-29(31(33)35)20-23-15-17-25(18-16-23)30(34)32-26-11-4-2-3-5-12-26/h8-10,15-20,26-28H,2-7,11-14,21H2,1H3,(H,32,34)/b29-20+. The minimum atomic E-state index is 0.0126. The van der Waals surface area contributed by atoms with Crippen molar-refractivity contribution < 1.29 is 9.59 Å². The number of thioether (sulfide) groups is 1. The van der Waals surface area contributed by atoms with E-state index in [0.717, 1.165) is 36.2 Å². The van der Waals surface area contributed by atoms with Crippen molar-refractivity contribution in [3.63, 3.8) is 0 Å². The van der Waals surface area contributed by atoms with Gasteiger partial charge in [-0.25, -0.2) is 0 Å². The Morgan fingerprint density at radius 2 is 1.69 bits per heavy atom. The Morgan fingerprint density at radius 1 is 0.972 bits per heavy atom. The molecule has 1 N–H and O–H groups in total. The average molecular weight is 503 g/mol. The minimum Gasteiger partial charge on any atom is -0.349 e. The van der Waals surface area contributed by atoms with Crippen LogP contribution in [-0.2, 0) is 11.3 Å². The number of aryl methyl sites for hydroxylation is 1. The van der Waals surface area contributed by atoms with Gasteiger partial charge < -0.3 is 10.2 Å². The van der Waals surface area contributed by atoms with Crippen LogP contribution in [0.2, 0.25) is 0 Å². The third-order valence-electron chi connectivity index (χ3n) is 7.91. The van der Waals surface area contributed by atoms with Crippen molar-refractivity contribution in [1.82, 2.24) is 10.2 Å². The van der Waals surface area contributed by atoms with Gasteiger partial charge in [-0.15, -0.1) is 11.8 Å². The summed E-state index contributed by atoms with van der Waals surface area (Å²) in [4.78, 5) is 29.4. The highest BCUT2D eigenvalue weighted by Crippen LogP contribution is 2.42. The fourth-order valence-corrected chi connectivity index (χ4v) is 7.42. The van der Waals surface area contributed by atoms with Crippen LogP contribution in [0, 0.1) is 6.92 Å². The molecule has 2 atom stereocenters. The third kappa shape index (κ3) is 6.05. The summed E-state index contributed by atoms with van der Waals surface area (Å²) >= 11 is 1.76. The number of hydrogen-bond donors (Lipinski definition) is 1. The molecule has 5 rings (SSSR count). The smallest absolute Gasteiger partial charge is 0.260 e. The number of hydrogen-bond acceptors (Lipinski definition) is 3. The molecule has 4 nitrogen and oxygen atoms in total. The molecule has 2 saturated carbocycles. The summed E-state index contributed by atoms with van der Waals surface area (Å²) in [6, 6.07) is 16.8. The first-order chi connectivity index (χ1) is 17.6. The number of carbonyl (C=O) groups excluding carboxylic acids is 2. The van der Waals surface area contributed by atoms with Gasteiger partial charge in [-0.2, -0.15) is 0 Å². The highest BCUT2D eigenvalue weighted by Gasteiger charge is 2.40. The number of carbonyl (C=O) groups is 2. The lowest BCUT2D eigenvalue weighted by Gasteiger charge is -2.44. The molecule has 0 bridgehead atoms. The molecule has 2 unspecified atom stereocenters. The van der Waals surface area contributed by atoms with E-state index in [0.29, 0.717) is 29.4 Å². The number of rotatable bonds is 5. The summed E-state index contributed by atoms with van der Waals surface area (Å²) in [6.07, 6.45) is 13.8. The second-order valence-electron chi connectivity index (χ2n) is 10.7. The Labute approximate surface area is 219 Å². The zero-order valence-corrected chi connectivity index (χ0v) is 22.2. The SMILES string of the molecule is Cc1cccc(CN2C(=O)/C(=C\c3ccc(C(=O)NC4CCCCCC4)cc3)SC3CCCCC32)c1. The Morgan fingerprint density at radius 3 is 2.44 bits per heavy atom. The van der Waals surface area contributed by atoms with Crippen molar-refractivity contribution in [2.24, 2.45) is 0 Å². The topological polar surface area (TPSA) is 49.4 Å². The molecule has 2 aromatic rings. The average Bonchev–Trinajstić information content (AvgIpc) is 3.15. The van der Waals surface area contributed by atoms with Crippen LogP contribution in [0.4, 0.5) is 0 Å². The van der Waals surface area contributed by atoms with Crippen LogP contribution in [0.3, 0.4) is 0 Å². The van der Waals surface area contributed by atoms with Crippen molar-refractivity contribution in [3.05, 3.63) is 75.7 Å². The number of benzene rings is 2. The second kappa shape index (κ2) is 11.7. The van der Waals surface area contributed by atoms with Gasteiger partial charge in [-0.3, -0.25) is 9.59 Å². The molecule has 0 aromatic heterocycles. The van der Waals surface area contributed by atoms with Gasteiger partial charge in [0.25, 0.3) is 11.8 Å². The van der Waals surface area contributed by atoms with Gasteiger partial charge in [0.1, 0.15) is 0 Å². The van der Waals surface area contributed by atoms with E-state index < -0.39 is 0 Å². The van der Waals surface area contributed by atoms with E-state index in [1.165, 1.54) is 49.7 Å². The van der Waals surface area contributed by atoms with Gasteiger partial charge in [-0.1, -0.05) is 80.5 Å². The third-order valence-corrected chi connectivity index (χ3v) is 9.31. The van der Waals surface area contributed by atoms with E-state index >= 15 is 0 Å². The van der Waals surface area contributed by atoms with E-state index in [9.17, 15) is 9.59 Å². The zero-order valence-electron chi connectivity index (χ0n) is 21.4. The first-order valence-electron chi connectivity index (χ1n) is 13.7. The molecular weight excluding hydrogens is 464 g/mol. The summed E-state index contributed by atoms with van der Waals surface area (Å²) < 4.78 is 0. The molecular formula is C31H38N2O2S. The predicted molar refractivity (Wildman–Crippen MR) is 149 cm³/mol. The maximum Gasteiger partial charge on any atom is 0.260 e. The van der Waals surface area contributed by atoms with E-state index in [4.69, 9.17) is 0 Å². The van der Waals surface area contributed by atoms with Crippen molar-refractivity contribution in [1.29, 1.82) is 0 Å². The van der Waals surface area contributed by atoms with Gasteiger partial charge >= 0.3 is 0 Å². The molecule has 0 radical (unpaired) electrons. The van der Waals surface area contributed by atoms with Crippen molar-refractivity contribution >= 4 is 29.7 Å². The monoisotopic (exact) mass is 502 g/mol. The zero-order chi connectivity index (χ0) is 24.9. The second-order valence-corrected chi connectivity index (χ2v) is 12.0. The fraction of sp³-hybridized carbons (Fsp3) is 0.484. The van der Waals surface area contributed by atoms with Crippen LogP contribution < -0.4 is 5.32 Å². The molecule has 3 fully saturated rings. The van der Waals surface area contributed by atoms with Gasteiger partial charge in [0.05, 0.1) is 4.91 Å². The Hall–Kier alpha value is -2.53. The van der Waals surface area contributed by atoms with E-state index in [1.54, 1.807) is 11.8 Å². The maximum absolute atomic E-state index is 13.7. The largest absolute Gasteiger partial charge is 0.349 e. The van der Waals surface area contributed by atoms with Crippen LogP contribution in [0.15, 0.2) is 53.4 Å². The highest BCUT2D eigenvalue weighted by molar-refractivity contribution is 8.04. The van der Waals surface area contributed by atoms with Gasteiger partial charge in [0.15, 0.2) is 0 Å². The van der Waals surface area contributed by atoms with Gasteiger partial charge in [-0.05, 0) is 61.9 Å². The predicted octanol–water partition coefficient (Wildman–Crippen LogP) is 6.88. The van der Waals surface area contributed by atoms with E-state index in [2.05, 4.69) is 41.4 Å². The van der Waals surface area contributed by atoms with Crippen LogP contribution in [0.5, 0.6) is 0 Å². The van der Waals surface area contributed by atoms with Gasteiger partial charge in [0, 0.05) is 29.4 Å². The molecule has 36 heavy (non-hydrogen) atoms. The van der Waals surface area contributed by atoms with Crippen molar-refractivity contribution in [2.75, 3.05) is 0 Å². The molecule has 2 aliphatic carbocycles. The number of nitrogens with zero attached hydrogens (tertiary/aromatic N) is 1. The summed E-state index contributed by atoms with van der Waals surface area (Å²) in [7, 11) is 0. The van der Waals surface area contributed by atoms with Crippen LogP contribution in [0.1, 0.15) is 91.3 Å². The Bertz CT molecular complexity index is 1100. The normalized spacial score (nSPS) is 24.3. The lowest BCUT2D eigenvalue weighted by Crippen LogP contribution is -2.50. The first-order valence-corrected chi connectivity index (χ1v) is 14.6. The quantitative estimate of drug-likeness (QED) is 0.358. The Balaban J connectivity index is 1.31. The fourth-order valence-electron chi connectivity index (χ4n) is 5.94. The van der Waals surface area contributed by atoms with Crippen molar-refractivity contribution in [2.45, 2.75) is 95.0 Å². The summed E-state index contributed by atoms with van der Waals surface area (Å²) in [5, 5.41) is 3.68. The highest BCUT2D eigenvalue weighted by atomic mass is 32.2. The maximum atomic E-state index is 13.7. The summed E-state index contributed by atoms with van der Waals surface area (Å²) in [6.45, 7) is 2.77. The molecule has 3 aliphatic rings. The molecule has 0 spiro atoms. The summed E-state index contributed by atoms with van der Waals surface area (Å²) in [5.41, 5.74) is 4.09. The molecule has 190 valence electrons. The number of nitrogens with one attached hydrogen (secondary N) is 1. The lowest BCUT2D eigenvalue weighted by atomic mass is 9.92. The Kier molecular flexibility index (Phi) is 8.15. The van der Waals surface area contributed by atoms with Crippen LogP contribution in [-0.4, -0.2) is 34.0 Å². The molecule has 2 aromatic carbocycles. The van der Waals surface area contributed by atoms with Crippen LogP contribution in [0.25, 0.3) is 6.08 Å². The van der Waals surface area contributed by atoms with Crippen LogP contribution >= 0.6 is 11.8 Å². The number of fused-ring (bicyclic) bond motifs is 1. The van der Waals surface area contributed by atoms with E-state index in [-0.39, 0.29) is 11.8 Å². The first kappa shape index (κ1) is 25.1. The molecule has 1 heterocycles. The number of amides is 2. The lowest BCUT2D eigenvalue weighted by molar-refractivity contribution is -0.130. The minimum absolute atomic E-state index is 0.0126. The van der Waals surface area contributed by atoms with Gasteiger partial charge in [0.2, 0.25) is 0 Å². The molecule has 1 saturated heterocycles.